The fourth-order valence-corrected chi connectivity index (χ4v) is 6.46. The van der Waals surface area contributed by atoms with Gasteiger partial charge >= 0.3 is 0 Å². The molecule has 1 aliphatic carbocycles. The fraction of sp³-hybridized carbons (Fsp3) is 0.606. The molecule has 1 fully saturated rings. The van der Waals surface area contributed by atoms with E-state index in [1.807, 2.05) is 12.1 Å². The van der Waals surface area contributed by atoms with E-state index in [9.17, 15) is 0 Å². The SMILES string of the molecule is CCCCCCCCCc1ccc2c(oc(=S)c3cc(C4CCC(CCCCC)CC4)ccc32)c1F. The molecule has 1 saturated carbocycles. The third-order valence-electron chi connectivity index (χ3n) is 8.51. The van der Waals surface area contributed by atoms with Crippen molar-refractivity contribution in [1.29, 1.82) is 0 Å². The Morgan fingerprint density at radius 3 is 2.19 bits per heavy atom. The molecule has 1 nitrogen and oxygen atoms in total. The Morgan fingerprint density at radius 2 is 1.44 bits per heavy atom. The summed E-state index contributed by atoms with van der Waals surface area (Å²) in [5.41, 5.74) is 2.44. The summed E-state index contributed by atoms with van der Waals surface area (Å²) in [6.07, 6.45) is 20.0. The van der Waals surface area contributed by atoms with E-state index in [2.05, 4.69) is 32.0 Å². The van der Waals surface area contributed by atoms with Gasteiger partial charge in [0, 0.05) is 10.8 Å². The van der Waals surface area contributed by atoms with Crippen LogP contribution in [-0.4, -0.2) is 0 Å². The van der Waals surface area contributed by atoms with E-state index in [1.54, 1.807) is 0 Å². The highest BCUT2D eigenvalue weighted by Crippen LogP contribution is 2.39. The lowest BCUT2D eigenvalue weighted by atomic mass is 9.77. The molecular weight excluding hydrogens is 463 g/mol. The number of rotatable bonds is 13. The van der Waals surface area contributed by atoms with E-state index >= 15 is 4.39 Å². The molecular formula is C33H45FOS. The zero-order chi connectivity index (χ0) is 25.3. The fourth-order valence-electron chi connectivity index (χ4n) is 6.21. The Balaban J connectivity index is 1.45. The van der Waals surface area contributed by atoms with Crippen LogP contribution < -0.4 is 0 Å². The number of benzene rings is 2. The summed E-state index contributed by atoms with van der Waals surface area (Å²) in [5, 5.41) is 2.81. The maximum Gasteiger partial charge on any atom is 0.198 e. The first kappa shape index (κ1) is 27.3. The van der Waals surface area contributed by atoms with Gasteiger partial charge in [-0.3, -0.25) is 0 Å². The smallest absolute Gasteiger partial charge is 0.198 e. The van der Waals surface area contributed by atoms with E-state index in [-0.39, 0.29) is 5.82 Å². The molecule has 0 saturated heterocycles. The van der Waals surface area contributed by atoms with E-state index in [0.717, 1.165) is 46.9 Å². The number of halogens is 1. The highest BCUT2D eigenvalue weighted by atomic mass is 32.1. The molecule has 0 N–H and O–H groups in total. The summed E-state index contributed by atoms with van der Waals surface area (Å²) < 4.78 is 21.8. The zero-order valence-corrected chi connectivity index (χ0v) is 23.4. The minimum atomic E-state index is -0.225. The van der Waals surface area contributed by atoms with Gasteiger partial charge < -0.3 is 4.42 Å². The van der Waals surface area contributed by atoms with Crippen molar-refractivity contribution in [3.05, 3.63) is 52.0 Å². The van der Waals surface area contributed by atoms with Gasteiger partial charge in [0.05, 0.1) is 0 Å². The molecule has 196 valence electrons. The van der Waals surface area contributed by atoms with Gasteiger partial charge in [-0.1, -0.05) is 102 Å². The molecule has 0 spiro atoms. The van der Waals surface area contributed by atoms with Gasteiger partial charge in [-0.25, -0.2) is 4.39 Å². The molecule has 1 aromatic heterocycles. The van der Waals surface area contributed by atoms with Crippen LogP contribution in [0, 0.1) is 16.4 Å². The zero-order valence-electron chi connectivity index (χ0n) is 22.5. The third-order valence-corrected chi connectivity index (χ3v) is 8.81. The normalized spacial score (nSPS) is 18.3. The summed E-state index contributed by atoms with van der Waals surface area (Å²) in [6.45, 7) is 4.52. The first-order valence-electron chi connectivity index (χ1n) is 14.8. The van der Waals surface area contributed by atoms with Crippen molar-refractivity contribution in [3.8, 4) is 0 Å². The molecule has 3 heteroatoms. The van der Waals surface area contributed by atoms with Gasteiger partial charge in [-0.05, 0) is 85.2 Å². The highest BCUT2D eigenvalue weighted by Gasteiger charge is 2.23. The van der Waals surface area contributed by atoms with E-state index in [0.29, 0.717) is 16.2 Å². The molecule has 1 heterocycles. The van der Waals surface area contributed by atoms with Crippen LogP contribution in [0.15, 0.2) is 34.7 Å². The Kier molecular flexibility index (Phi) is 10.4. The minimum Gasteiger partial charge on any atom is -0.441 e. The quantitative estimate of drug-likeness (QED) is 0.129. The van der Waals surface area contributed by atoms with Gasteiger partial charge in [-0.15, -0.1) is 0 Å². The third kappa shape index (κ3) is 6.77. The second-order valence-electron chi connectivity index (χ2n) is 11.2. The van der Waals surface area contributed by atoms with Crippen LogP contribution in [0.2, 0.25) is 0 Å². The first-order valence-corrected chi connectivity index (χ1v) is 15.2. The summed E-state index contributed by atoms with van der Waals surface area (Å²) >= 11 is 5.65. The van der Waals surface area contributed by atoms with Gasteiger partial charge in [0.25, 0.3) is 0 Å². The Labute approximate surface area is 222 Å². The highest BCUT2D eigenvalue weighted by molar-refractivity contribution is 7.71. The second kappa shape index (κ2) is 13.7. The topological polar surface area (TPSA) is 13.1 Å². The standard InChI is InChI=1S/C33H45FOS/c1-3-5-7-8-9-10-12-14-26-19-22-29-28-21-20-27(23-30(28)33(36)35-32(29)31(26)34)25-17-15-24(16-18-25)13-11-6-4-2/h19-25H,3-18H2,1-2H3. The van der Waals surface area contributed by atoms with Crippen molar-refractivity contribution in [2.24, 2.45) is 5.92 Å². The van der Waals surface area contributed by atoms with Crippen LogP contribution in [0.4, 0.5) is 4.39 Å². The first-order chi connectivity index (χ1) is 17.6. The summed E-state index contributed by atoms with van der Waals surface area (Å²) in [4.78, 5) is 0. The van der Waals surface area contributed by atoms with Gasteiger partial charge in [0.2, 0.25) is 0 Å². The van der Waals surface area contributed by atoms with Crippen molar-refractivity contribution in [2.45, 2.75) is 122 Å². The Hall–Kier alpha value is -1.74. The number of hydrogen-bond acceptors (Lipinski definition) is 2. The number of hydrogen-bond donors (Lipinski definition) is 0. The van der Waals surface area contributed by atoms with E-state index in [4.69, 9.17) is 16.6 Å². The molecule has 36 heavy (non-hydrogen) atoms. The van der Waals surface area contributed by atoms with E-state index < -0.39 is 0 Å². The summed E-state index contributed by atoms with van der Waals surface area (Å²) in [6, 6.07) is 10.6. The summed E-state index contributed by atoms with van der Waals surface area (Å²) in [7, 11) is 0. The molecule has 0 atom stereocenters. The molecule has 0 aliphatic heterocycles. The Bertz CT molecular complexity index is 1170. The van der Waals surface area contributed by atoms with Crippen molar-refractivity contribution < 1.29 is 8.81 Å². The molecule has 4 rings (SSSR count). The number of fused-ring (bicyclic) bond motifs is 3. The monoisotopic (exact) mass is 508 g/mol. The lowest BCUT2D eigenvalue weighted by molar-refractivity contribution is 0.303. The molecule has 1 aliphatic rings. The maximum atomic E-state index is 15.4. The largest absolute Gasteiger partial charge is 0.441 e. The average molecular weight is 509 g/mol. The molecule has 0 bridgehead atoms. The molecule has 2 aromatic carbocycles. The van der Waals surface area contributed by atoms with Crippen LogP contribution in [0.25, 0.3) is 21.7 Å². The lowest BCUT2D eigenvalue weighted by Crippen LogP contribution is -2.13. The maximum absolute atomic E-state index is 15.4. The predicted molar refractivity (Wildman–Crippen MR) is 155 cm³/mol. The predicted octanol–water partition coefficient (Wildman–Crippen LogP) is 11.6. The molecule has 3 aromatic rings. The van der Waals surface area contributed by atoms with Crippen molar-refractivity contribution in [1.82, 2.24) is 0 Å². The van der Waals surface area contributed by atoms with Gasteiger partial charge in [-0.2, -0.15) is 0 Å². The van der Waals surface area contributed by atoms with Crippen molar-refractivity contribution in [2.75, 3.05) is 0 Å². The van der Waals surface area contributed by atoms with Crippen molar-refractivity contribution in [3.63, 3.8) is 0 Å². The molecule has 0 radical (unpaired) electrons. The van der Waals surface area contributed by atoms with Crippen LogP contribution in [0.1, 0.15) is 127 Å². The van der Waals surface area contributed by atoms with E-state index in [1.165, 1.54) is 89.0 Å². The minimum absolute atomic E-state index is 0.225. The van der Waals surface area contributed by atoms with Crippen LogP contribution in [-0.2, 0) is 6.42 Å². The molecule has 0 unspecified atom stereocenters. The Morgan fingerprint density at radius 1 is 0.778 bits per heavy atom. The number of unbranched alkanes of at least 4 members (excludes halogenated alkanes) is 8. The van der Waals surface area contributed by atoms with Crippen molar-refractivity contribution >= 4 is 34.0 Å². The lowest BCUT2D eigenvalue weighted by Gasteiger charge is -2.29. The second-order valence-corrected chi connectivity index (χ2v) is 11.6. The van der Waals surface area contributed by atoms with Gasteiger partial charge in [0.15, 0.2) is 16.1 Å². The average Bonchev–Trinajstić information content (AvgIpc) is 2.90. The van der Waals surface area contributed by atoms with Gasteiger partial charge in [0.1, 0.15) is 0 Å². The number of aryl methyl sites for hydroxylation is 1. The van der Waals surface area contributed by atoms with Crippen LogP contribution in [0.5, 0.6) is 0 Å². The van der Waals surface area contributed by atoms with Crippen LogP contribution in [0.3, 0.4) is 0 Å². The summed E-state index contributed by atoms with van der Waals surface area (Å²) in [5.74, 6) is 1.28. The van der Waals surface area contributed by atoms with Crippen LogP contribution >= 0.6 is 12.2 Å². The molecule has 0 amide bonds.